The van der Waals surface area contributed by atoms with Crippen LogP contribution in [0.5, 0.6) is 5.75 Å². The van der Waals surface area contributed by atoms with Gasteiger partial charge >= 0.3 is 0 Å². The SMILES string of the molecule is CCC(C)NC(=O)C(CC)N(Cc1ccccc1)C(=O)COc1cccc2ccccc12. The van der Waals surface area contributed by atoms with Crippen molar-refractivity contribution in [3.63, 3.8) is 0 Å². The summed E-state index contributed by atoms with van der Waals surface area (Å²) in [6, 6.07) is 22.9. The average molecular weight is 433 g/mol. The Morgan fingerprint density at radius 3 is 2.31 bits per heavy atom. The van der Waals surface area contributed by atoms with Crippen molar-refractivity contribution in [1.29, 1.82) is 0 Å². The highest BCUT2D eigenvalue weighted by molar-refractivity contribution is 5.90. The van der Waals surface area contributed by atoms with Gasteiger partial charge in [0.05, 0.1) is 0 Å². The third-order valence-electron chi connectivity index (χ3n) is 5.68. The predicted octanol–water partition coefficient (Wildman–Crippen LogP) is 4.94. The molecule has 2 atom stereocenters. The van der Waals surface area contributed by atoms with Crippen molar-refractivity contribution in [2.75, 3.05) is 6.61 Å². The molecular weight excluding hydrogens is 400 g/mol. The number of ether oxygens (including phenoxy) is 1. The molecule has 0 bridgehead atoms. The molecule has 0 saturated heterocycles. The lowest BCUT2D eigenvalue weighted by molar-refractivity contribution is -0.143. The van der Waals surface area contributed by atoms with Crippen molar-refractivity contribution < 1.29 is 14.3 Å². The van der Waals surface area contributed by atoms with Gasteiger partial charge < -0.3 is 15.0 Å². The lowest BCUT2D eigenvalue weighted by Crippen LogP contribution is -2.51. The van der Waals surface area contributed by atoms with Crippen LogP contribution in [-0.4, -0.2) is 35.4 Å². The highest BCUT2D eigenvalue weighted by Crippen LogP contribution is 2.25. The number of amides is 2. The standard InChI is InChI=1S/C27H32N2O3/c1-4-20(3)28-27(31)24(5-2)29(18-21-12-7-6-8-13-21)26(30)19-32-25-17-11-15-22-14-9-10-16-23(22)25/h6-17,20,24H,4-5,18-19H2,1-3H3,(H,28,31). The molecule has 0 fully saturated rings. The maximum atomic E-state index is 13.3. The minimum Gasteiger partial charge on any atom is -0.483 e. The van der Waals surface area contributed by atoms with E-state index in [9.17, 15) is 9.59 Å². The number of carbonyl (C=O) groups is 2. The summed E-state index contributed by atoms with van der Waals surface area (Å²) in [7, 11) is 0. The zero-order valence-electron chi connectivity index (χ0n) is 19.1. The number of rotatable bonds is 10. The summed E-state index contributed by atoms with van der Waals surface area (Å²) in [6.07, 6.45) is 1.36. The van der Waals surface area contributed by atoms with E-state index in [4.69, 9.17) is 4.74 Å². The van der Waals surface area contributed by atoms with Gasteiger partial charge in [0.1, 0.15) is 11.8 Å². The third kappa shape index (κ3) is 5.88. The molecule has 5 heteroatoms. The van der Waals surface area contributed by atoms with E-state index in [2.05, 4.69) is 5.32 Å². The molecule has 0 heterocycles. The van der Waals surface area contributed by atoms with Crippen molar-refractivity contribution in [2.45, 2.75) is 52.2 Å². The summed E-state index contributed by atoms with van der Waals surface area (Å²) in [5, 5.41) is 5.04. The van der Waals surface area contributed by atoms with Crippen LogP contribution in [0, 0.1) is 0 Å². The number of benzene rings is 3. The molecule has 2 unspecified atom stereocenters. The monoisotopic (exact) mass is 432 g/mol. The molecule has 0 saturated carbocycles. The molecule has 3 aromatic carbocycles. The fourth-order valence-electron chi connectivity index (χ4n) is 3.68. The van der Waals surface area contributed by atoms with E-state index < -0.39 is 6.04 Å². The minimum atomic E-state index is -0.562. The van der Waals surface area contributed by atoms with Crippen molar-refractivity contribution in [1.82, 2.24) is 10.2 Å². The molecule has 32 heavy (non-hydrogen) atoms. The highest BCUT2D eigenvalue weighted by atomic mass is 16.5. The summed E-state index contributed by atoms with van der Waals surface area (Å²) in [4.78, 5) is 28.0. The Bertz CT molecular complexity index is 1030. The first kappa shape index (κ1) is 23.3. The Morgan fingerprint density at radius 1 is 0.906 bits per heavy atom. The molecule has 1 N–H and O–H groups in total. The predicted molar refractivity (Wildman–Crippen MR) is 128 cm³/mol. The van der Waals surface area contributed by atoms with Gasteiger partial charge in [0.25, 0.3) is 5.91 Å². The molecule has 0 aliphatic heterocycles. The first-order valence-electron chi connectivity index (χ1n) is 11.3. The van der Waals surface area contributed by atoms with Crippen LogP contribution in [0.15, 0.2) is 72.8 Å². The van der Waals surface area contributed by atoms with Crippen LogP contribution in [0.3, 0.4) is 0 Å². The molecule has 168 valence electrons. The van der Waals surface area contributed by atoms with E-state index in [-0.39, 0.29) is 24.5 Å². The number of hydrogen-bond donors (Lipinski definition) is 1. The van der Waals surface area contributed by atoms with Crippen molar-refractivity contribution in [3.05, 3.63) is 78.4 Å². The van der Waals surface area contributed by atoms with Gasteiger partial charge in [-0.2, -0.15) is 0 Å². The molecule has 0 aromatic heterocycles. The third-order valence-corrected chi connectivity index (χ3v) is 5.68. The number of hydrogen-bond acceptors (Lipinski definition) is 3. The second kappa shape index (κ2) is 11.3. The maximum absolute atomic E-state index is 13.3. The van der Waals surface area contributed by atoms with Crippen LogP contribution in [0.4, 0.5) is 0 Å². The van der Waals surface area contributed by atoms with E-state index in [1.165, 1.54) is 0 Å². The molecule has 3 rings (SSSR count). The van der Waals surface area contributed by atoms with Gasteiger partial charge in [-0.05, 0) is 36.8 Å². The van der Waals surface area contributed by atoms with Gasteiger partial charge in [-0.1, -0.05) is 80.6 Å². The zero-order chi connectivity index (χ0) is 22.9. The van der Waals surface area contributed by atoms with Crippen LogP contribution in [-0.2, 0) is 16.1 Å². The molecule has 0 radical (unpaired) electrons. The first-order valence-corrected chi connectivity index (χ1v) is 11.3. The fourth-order valence-corrected chi connectivity index (χ4v) is 3.68. The number of fused-ring (bicyclic) bond motifs is 1. The second-order valence-corrected chi connectivity index (χ2v) is 8.02. The van der Waals surface area contributed by atoms with Crippen LogP contribution < -0.4 is 10.1 Å². The Hall–Kier alpha value is -3.34. The Morgan fingerprint density at radius 2 is 1.59 bits per heavy atom. The average Bonchev–Trinajstić information content (AvgIpc) is 2.82. The van der Waals surface area contributed by atoms with E-state index in [1.807, 2.05) is 93.6 Å². The number of nitrogens with one attached hydrogen (secondary N) is 1. The zero-order valence-corrected chi connectivity index (χ0v) is 19.1. The summed E-state index contributed by atoms with van der Waals surface area (Å²) in [6.45, 7) is 6.14. The van der Waals surface area contributed by atoms with Gasteiger partial charge in [0.2, 0.25) is 5.91 Å². The van der Waals surface area contributed by atoms with Crippen molar-refractivity contribution in [3.8, 4) is 5.75 Å². The van der Waals surface area contributed by atoms with Crippen LogP contribution in [0.2, 0.25) is 0 Å². The lowest BCUT2D eigenvalue weighted by Gasteiger charge is -2.31. The molecule has 5 nitrogen and oxygen atoms in total. The molecular formula is C27H32N2O3. The number of carbonyl (C=O) groups excluding carboxylic acids is 2. The summed E-state index contributed by atoms with van der Waals surface area (Å²) in [5.41, 5.74) is 0.973. The van der Waals surface area contributed by atoms with Gasteiger partial charge in [-0.15, -0.1) is 0 Å². The first-order chi connectivity index (χ1) is 15.5. The van der Waals surface area contributed by atoms with E-state index >= 15 is 0 Å². The van der Waals surface area contributed by atoms with E-state index in [1.54, 1.807) is 4.90 Å². The van der Waals surface area contributed by atoms with E-state index in [0.717, 1.165) is 22.8 Å². The summed E-state index contributed by atoms with van der Waals surface area (Å²) in [5.74, 6) is 0.317. The molecule has 0 spiro atoms. The molecule has 0 aliphatic rings. The fraction of sp³-hybridized carbons (Fsp3) is 0.333. The van der Waals surface area contributed by atoms with E-state index in [0.29, 0.717) is 18.7 Å². The number of nitrogens with zero attached hydrogens (tertiary/aromatic N) is 1. The summed E-state index contributed by atoms with van der Waals surface area (Å²) >= 11 is 0. The molecule has 0 aliphatic carbocycles. The molecule has 2 amide bonds. The normalized spacial score (nSPS) is 12.7. The van der Waals surface area contributed by atoms with Gasteiger partial charge in [-0.3, -0.25) is 9.59 Å². The smallest absolute Gasteiger partial charge is 0.261 e. The van der Waals surface area contributed by atoms with Gasteiger partial charge in [0, 0.05) is 18.0 Å². The maximum Gasteiger partial charge on any atom is 0.261 e. The molecule has 3 aromatic rings. The quantitative estimate of drug-likeness (QED) is 0.494. The summed E-state index contributed by atoms with van der Waals surface area (Å²) < 4.78 is 5.95. The topological polar surface area (TPSA) is 58.6 Å². The van der Waals surface area contributed by atoms with Crippen molar-refractivity contribution >= 4 is 22.6 Å². The Kier molecular flexibility index (Phi) is 8.26. The highest BCUT2D eigenvalue weighted by Gasteiger charge is 2.29. The van der Waals surface area contributed by atoms with Crippen LogP contribution in [0.1, 0.15) is 39.2 Å². The Labute approximate surface area is 190 Å². The second-order valence-electron chi connectivity index (χ2n) is 8.02. The lowest BCUT2D eigenvalue weighted by atomic mass is 10.1. The largest absolute Gasteiger partial charge is 0.483 e. The minimum absolute atomic E-state index is 0.0529. The van der Waals surface area contributed by atoms with Crippen molar-refractivity contribution in [2.24, 2.45) is 0 Å². The van der Waals surface area contributed by atoms with Crippen LogP contribution >= 0.6 is 0 Å². The Balaban J connectivity index is 1.81. The van der Waals surface area contributed by atoms with Crippen LogP contribution in [0.25, 0.3) is 10.8 Å². The van der Waals surface area contributed by atoms with Gasteiger partial charge in [-0.25, -0.2) is 0 Å². The van der Waals surface area contributed by atoms with Gasteiger partial charge in [0.15, 0.2) is 6.61 Å².